The van der Waals surface area contributed by atoms with Crippen LogP contribution in [0.1, 0.15) is 55.6 Å². The predicted octanol–water partition coefficient (Wildman–Crippen LogP) is 4.95. The summed E-state index contributed by atoms with van der Waals surface area (Å²) in [4.78, 5) is 27.0. The summed E-state index contributed by atoms with van der Waals surface area (Å²) in [6, 6.07) is 14.8. The summed E-state index contributed by atoms with van der Waals surface area (Å²) in [5.41, 5.74) is 2.54. The Morgan fingerprint density at radius 1 is 0.962 bits per heavy atom. The Morgan fingerprint density at radius 3 is 2.23 bits per heavy atom. The van der Waals surface area contributed by atoms with Crippen molar-refractivity contribution in [1.82, 2.24) is 0 Å². The van der Waals surface area contributed by atoms with Crippen LogP contribution < -0.4 is 4.90 Å². The molecule has 3 rings (SSSR count). The van der Waals surface area contributed by atoms with Gasteiger partial charge in [-0.15, -0.1) is 0 Å². The molecule has 0 aromatic heterocycles. The highest BCUT2D eigenvalue weighted by Crippen LogP contribution is 2.47. The van der Waals surface area contributed by atoms with E-state index in [1.165, 1.54) is 7.11 Å². The van der Waals surface area contributed by atoms with Crippen molar-refractivity contribution in [2.75, 3.05) is 12.0 Å². The third kappa shape index (κ3) is 3.00. The average Bonchev–Trinajstić information content (AvgIpc) is 2.60. The second kappa shape index (κ2) is 6.27. The van der Waals surface area contributed by atoms with Crippen LogP contribution in [0.15, 0.2) is 48.5 Å². The van der Waals surface area contributed by atoms with Gasteiger partial charge in [-0.05, 0) is 49.4 Å². The minimum absolute atomic E-state index is 0.0151. The minimum Gasteiger partial charge on any atom is -0.452 e. The lowest BCUT2D eigenvalue weighted by Gasteiger charge is -2.49. The highest BCUT2D eigenvalue weighted by Gasteiger charge is 2.45. The van der Waals surface area contributed by atoms with Crippen LogP contribution in [0.5, 0.6) is 0 Å². The van der Waals surface area contributed by atoms with E-state index in [1.807, 2.05) is 56.3 Å². The van der Waals surface area contributed by atoms with Gasteiger partial charge in [0.2, 0.25) is 0 Å². The van der Waals surface area contributed by atoms with Crippen molar-refractivity contribution in [3.8, 4) is 0 Å². The Kier molecular flexibility index (Phi) is 4.39. The highest BCUT2D eigenvalue weighted by molar-refractivity contribution is 6.09. The highest BCUT2D eigenvalue weighted by atomic mass is 16.5. The smallest absolute Gasteiger partial charge is 0.414 e. The fourth-order valence-corrected chi connectivity index (χ4v) is 4.19. The molecule has 26 heavy (non-hydrogen) atoms. The van der Waals surface area contributed by atoms with Crippen molar-refractivity contribution in [3.05, 3.63) is 65.2 Å². The van der Waals surface area contributed by atoms with Crippen LogP contribution in [-0.4, -0.2) is 24.5 Å². The van der Waals surface area contributed by atoms with Crippen molar-refractivity contribution in [3.63, 3.8) is 0 Å². The number of carbonyl (C=O) groups is 2. The molecule has 0 aliphatic carbocycles. The van der Waals surface area contributed by atoms with Crippen molar-refractivity contribution in [2.24, 2.45) is 0 Å². The van der Waals surface area contributed by atoms with Crippen LogP contribution in [0.2, 0.25) is 0 Å². The number of methoxy groups -OCH3 is 1. The molecule has 0 radical (unpaired) electrons. The fourth-order valence-electron chi connectivity index (χ4n) is 4.19. The van der Waals surface area contributed by atoms with Crippen LogP contribution in [0.25, 0.3) is 0 Å². The van der Waals surface area contributed by atoms with Gasteiger partial charge in [-0.25, -0.2) is 4.79 Å². The molecule has 1 aliphatic heterocycles. The molecule has 0 N–H and O–H groups in total. The zero-order valence-electron chi connectivity index (χ0n) is 16.0. The third-order valence-electron chi connectivity index (χ3n) is 5.10. The van der Waals surface area contributed by atoms with Crippen LogP contribution >= 0.6 is 0 Å². The molecular weight excluding hydrogens is 326 g/mol. The van der Waals surface area contributed by atoms with E-state index in [4.69, 9.17) is 4.74 Å². The molecule has 0 saturated carbocycles. The number of ether oxygens (including phenoxy) is 1. The molecule has 1 heterocycles. The Balaban J connectivity index is 2.13. The first kappa shape index (κ1) is 18.2. The number of fused-ring (bicyclic) bond motifs is 1. The molecule has 0 atom stereocenters. The molecule has 1 aliphatic rings. The standard InChI is InChI=1S/C22H25NO3/c1-21(2)14-22(3,4)23(20(25)26-5)18-12-11-16(13-17(18)21)19(24)15-9-7-6-8-10-15/h6-13H,14H2,1-5H3. The van der Waals surface area contributed by atoms with E-state index < -0.39 is 0 Å². The lowest BCUT2D eigenvalue weighted by molar-refractivity contribution is 0.103. The summed E-state index contributed by atoms with van der Waals surface area (Å²) in [6.07, 6.45) is 0.388. The minimum atomic E-state index is -0.381. The maximum Gasteiger partial charge on any atom is 0.414 e. The fraction of sp³-hybridized carbons (Fsp3) is 0.364. The second-order valence-corrected chi connectivity index (χ2v) is 8.11. The molecule has 4 nitrogen and oxygen atoms in total. The first-order valence-corrected chi connectivity index (χ1v) is 8.80. The van der Waals surface area contributed by atoms with Crippen LogP contribution in [0.3, 0.4) is 0 Å². The van der Waals surface area contributed by atoms with Crippen LogP contribution in [0.4, 0.5) is 10.5 Å². The summed E-state index contributed by atoms with van der Waals surface area (Å²) < 4.78 is 5.02. The second-order valence-electron chi connectivity index (χ2n) is 8.11. The van der Waals surface area contributed by atoms with Crippen molar-refractivity contribution in [1.29, 1.82) is 0 Å². The molecule has 2 aromatic rings. The third-order valence-corrected chi connectivity index (χ3v) is 5.10. The number of hydrogen-bond acceptors (Lipinski definition) is 3. The van der Waals surface area contributed by atoms with Gasteiger partial charge in [0.25, 0.3) is 0 Å². The van der Waals surface area contributed by atoms with Crippen molar-refractivity contribution < 1.29 is 14.3 Å². The van der Waals surface area contributed by atoms with Gasteiger partial charge in [0.15, 0.2) is 5.78 Å². The summed E-state index contributed by atoms with van der Waals surface area (Å²) in [7, 11) is 1.39. The molecule has 0 saturated heterocycles. The van der Waals surface area contributed by atoms with Crippen molar-refractivity contribution >= 4 is 17.6 Å². The number of carbonyl (C=O) groups excluding carboxylic acids is 2. The SMILES string of the molecule is COC(=O)N1c2ccc(C(=O)c3ccccc3)cc2C(C)(C)CC1(C)C. The lowest BCUT2D eigenvalue weighted by Crippen LogP contribution is -2.55. The Bertz CT molecular complexity index is 853. The summed E-state index contributed by atoms with van der Waals surface area (Å²) in [6.45, 7) is 8.38. The maximum atomic E-state index is 12.8. The maximum absolute atomic E-state index is 12.8. The monoisotopic (exact) mass is 351 g/mol. The van der Waals surface area contributed by atoms with Gasteiger partial charge in [0.05, 0.1) is 12.8 Å². The van der Waals surface area contributed by atoms with E-state index in [0.29, 0.717) is 11.1 Å². The Hall–Kier alpha value is -2.62. The van der Waals surface area contributed by atoms with Gasteiger partial charge >= 0.3 is 6.09 Å². The molecule has 136 valence electrons. The first-order chi connectivity index (χ1) is 12.2. The van der Waals surface area contributed by atoms with E-state index in [1.54, 1.807) is 11.0 Å². The number of anilines is 1. The number of amides is 1. The zero-order valence-corrected chi connectivity index (χ0v) is 16.0. The number of ketones is 1. The van der Waals surface area contributed by atoms with Gasteiger partial charge in [0.1, 0.15) is 0 Å². The number of rotatable bonds is 2. The van der Waals surface area contributed by atoms with Gasteiger partial charge in [-0.1, -0.05) is 44.2 Å². The lowest BCUT2D eigenvalue weighted by atomic mass is 9.69. The van der Waals surface area contributed by atoms with Gasteiger partial charge in [-0.3, -0.25) is 9.69 Å². The number of hydrogen-bond donors (Lipinski definition) is 0. The number of nitrogens with zero attached hydrogens (tertiary/aromatic N) is 1. The zero-order chi connectivity index (χ0) is 19.1. The van der Waals surface area contributed by atoms with E-state index >= 15 is 0 Å². The molecule has 0 spiro atoms. The topological polar surface area (TPSA) is 46.6 Å². The Morgan fingerprint density at radius 2 is 1.62 bits per heavy atom. The molecule has 0 fully saturated rings. The summed E-state index contributed by atoms with van der Waals surface area (Å²) in [5.74, 6) is -0.0151. The van der Waals surface area contributed by atoms with Gasteiger partial charge < -0.3 is 4.74 Å². The quantitative estimate of drug-likeness (QED) is 0.719. The van der Waals surface area contributed by atoms with Crippen molar-refractivity contribution in [2.45, 2.75) is 45.1 Å². The molecule has 4 heteroatoms. The average molecular weight is 351 g/mol. The summed E-state index contributed by atoms with van der Waals surface area (Å²) >= 11 is 0. The molecule has 2 aromatic carbocycles. The normalized spacial score (nSPS) is 17.3. The van der Waals surface area contributed by atoms with E-state index in [0.717, 1.165) is 17.7 Å². The molecule has 0 unspecified atom stereocenters. The Labute approximate surface area is 154 Å². The predicted molar refractivity (Wildman–Crippen MR) is 103 cm³/mol. The van der Waals surface area contributed by atoms with E-state index in [2.05, 4.69) is 13.8 Å². The molecule has 1 amide bonds. The summed E-state index contributed by atoms with van der Waals surface area (Å²) in [5, 5.41) is 0. The molecular formula is C22H25NO3. The van der Waals surface area contributed by atoms with Gasteiger partial charge in [-0.2, -0.15) is 0 Å². The van der Waals surface area contributed by atoms with E-state index in [-0.39, 0.29) is 22.8 Å². The van der Waals surface area contributed by atoms with E-state index in [9.17, 15) is 9.59 Å². The number of benzene rings is 2. The van der Waals surface area contributed by atoms with Crippen LogP contribution in [-0.2, 0) is 10.2 Å². The largest absolute Gasteiger partial charge is 0.452 e. The van der Waals surface area contributed by atoms with Gasteiger partial charge in [0, 0.05) is 16.7 Å². The first-order valence-electron chi connectivity index (χ1n) is 8.80. The van der Waals surface area contributed by atoms with Crippen LogP contribution in [0, 0.1) is 0 Å². The molecule has 0 bridgehead atoms.